The number of carbonyl (C=O) groups is 1. The number of nitrogens with zero attached hydrogens (tertiary/aromatic N) is 1. The molecule has 1 aromatic heterocycles. The Morgan fingerprint density at radius 1 is 1.50 bits per heavy atom. The maximum Gasteiger partial charge on any atom is 0.243 e. The standard InChI is InChI=1S/C12H13N3O2S/c16-7-5-9(13-6-7)11(17)15-12-14-8-3-1-2-4-10(8)18-12/h1-4,7,9,13,16H,5-6H2,(H,14,15,17). The lowest BCUT2D eigenvalue weighted by atomic mass is 10.2. The van der Waals surface area contributed by atoms with Gasteiger partial charge in [0.1, 0.15) is 0 Å². The highest BCUT2D eigenvalue weighted by molar-refractivity contribution is 7.22. The average molecular weight is 263 g/mol. The molecule has 0 bridgehead atoms. The lowest BCUT2D eigenvalue weighted by Crippen LogP contribution is -2.35. The van der Waals surface area contributed by atoms with Crippen LogP contribution in [0.2, 0.25) is 0 Å². The highest BCUT2D eigenvalue weighted by Crippen LogP contribution is 2.25. The van der Waals surface area contributed by atoms with Gasteiger partial charge in [-0.05, 0) is 18.6 Å². The second-order valence-corrected chi connectivity index (χ2v) is 5.36. The fourth-order valence-corrected chi connectivity index (χ4v) is 2.90. The number of thiazole rings is 1. The minimum atomic E-state index is -0.434. The SMILES string of the molecule is O=C(Nc1nc2ccccc2s1)C1CC(O)CN1. The van der Waals surface area contributed by atoms with Gasteiger partial charge in [0.05, 0.1) is 22.4 Å². The predicted octanol–water partition coefficient (Wildman–Crippen LogP) is 0.958. The third kappa shape index (κ3) is 2.22. The van der Waals surface area contributed by atoms with Crippen molar-refractivity contribution in [3.8, 4) is 0 Å². The summed E-state index contributed by atoms with van der Waals surface area (Å²) in [4.78, 5) is 16.3. The highest BCUT2D eigenvalue weighted by Gasteiger charge is 2.28. The summed E-state index contributed by atoms with van der Waals surface area (Å²) in [5.41, 5.74) is 0.886. The maximum absolute atomic E-state index is 11.9. The minimum Gasteiger partial charge on any atom is -0.392 e. The summed E-state index contributed by atoms with van der Waals surface area (Å²) in [7, 11) is 0. The number of fused-ring (bicyclic) bond motifs is 1. The van der Waals surface area contributed by atoms with Gasteiger partial charge in [0, 0.05) is 6.54 Å². The first-order valence-corrected chi connectivity index (χ1v) is 6.62. The van der Waals surface area contributed by atoms with Gasteiger partial charge in [-0.2, -0.15) is 0 Å². The predicted molar refractivity (Wildman–Crippen MR) is 70.7 cm³/mol. The second-order valence-electron chi connectivity index (χ2n) is 4.33. The summed E-state index contributed by atoms with van der Waals surface area (Å²) >= 11 is 1.45. The molecule has 2 unspecified atom stereocenters. The summed E-state index contributed by atoms with van der Waals surface area (Å²) in [5.74, 6) is -0.134. The zero-order valence-corrected chi connectivity index (χ0v) is 10.4. The smallest absolute Gasteiger partial charge is 0.243 e. The van der Waals surface area contributed by atoms with Crippen molar-refractivity contribution in [2.24, 2.45) is 0 Å². The number of rotatable bonds is 2. The molecule has 18 heavy (non-hydrogen) atoms. The van der Waals surface area contributed by atoms with Gasteiger partial charge in [0.25, 0.3) is 0 Å². The molecule has 94 valence electrons. The topological polar surface area (TPSA) is 74.2 Å². The van der Waals surface area contributed by atoms with Crippen LogP contribution in [0, 0.1) is 0 Å². The van der Waals surface area contributed by atoms with Crippen LogP contribution in [0.5, 0.6) is 0 Å². The molecule has 6 heteroatoms. The number of hydrogen-bond donors (Lipinski definition) is 3. The molecule has 3 rings (SSSR count). The monoisotopic (exact) mass is 263 g/mol. The van der Waals surface area contributed by atoms with Crippen LogP contribution in [0.4, 0.5) is 5.13 Å². The van der Waals surface area contributed by atoms with E-state index in [1.54, 1.807) is 0 Å². The zero-order valence-electron chi connectivity index (χ0n) is 9.59. The van der Waals surface area contributed by atoms with Crippen LogP contribution in [-0.4, -0.2) is 34.7 Å². The Morgan fingerprint density at radius 3 is 3.06 bits per heavy atom. The van der Waals surface area contributed by atoms with E-state index in [0.29, 0.717) is 18.1 Å². The molecule has 1 amide bonds. The van der Waals surface area contributed by atoms with E-state index in [4.69, 9.17) is 0 Å². The van der Waals surface area contributed by atoms with Crippen LogP contribution in [0.15, 0.2) is 24.3 Å². The summed E-state index contributed by atoms with van der Waals surface area (Å²) in [5, 5.41) is 15.7. The Bertz CT molecular complexity index is 550. The highest BCUT2D eigenvalue weighted by atomic mass is 32.1. The van der Waals surface area contributed by atoms with E-state index in [1.807, 2.05) is 24.3 Å². The first-order valence-electron chi connectivity index (χ1n) is 5.80. The van der Waals surface area contributed by atoms with Crippen molar-refractivity contribution in [2.75, 3.05) is 11.9 Å². The van der Waals surface area contributed by atoms with E-state index in [0.717, 1.165) is 10.2 Å². The average Bonchev–Trinajstić information content (AvgIpc) is 2.94. The molecule has 1 saturated heterocycles. The third-order valence-corrected chi connectivity index (χ3v) is 3.90. The molecule has 5 nitrogen and oxygen atoms in total. The summed E-state index contributed by atoms with van der Waals surface area (Å²) in [6.07, 6.45) is 0.0209. The van der Waals surface area contributed by atoms with Gasteiger partial charge in [0.15, 0.2) is 5.13 Å². The van der Waals surface area contributed by atoms with E-state index in [2.05, 4.69) is 15.6 Å². The van der Waals surface area contributed by atoms with Crippen molar-refractivity contribution >= 4 is 32.6 Å². The molecule has 2 atom stereocenters. The quantitative estimate of drug-likeness (QED) is 0.754. The normalized spacial score (nSPS) is 23.4. The van der Waals surface area contributed by atoms with E-state index in [-0.39, 0.29) is 11.9 Å². The number of anilines is 1. The first kappa shape index (κ1) is 11.6. The number of para-hydroxylation sites is 1. The lowest BCUT2D eigenvalue weighted by Gasteiger charge is -2.08. The number of aromatic nitrogens is 1. The zero-order chi connectivity index (χ0) is 12.5. The number of carbonyl (C=O) groups excluding carboxylic acids is 1. The van der Waals surface area contributed by atoms with Crippen LogP contribution < -0.4 is 10.6 Å². The van der Waals surface area contributed by atoms with Crippen molar-refractivity contribution in [1.29, 1.82) is 0 Å². The van der Waals surface area contributed by atoms with Crippen molar-refractivity contribution in [3.63, 3.8) is 0 Å². The minimum absolute atomic E-state index is 0.134. The molecule has 3 N–H and O–H groups in total. The fraction of sp³-hybridized carbons (Fsp3) is 0.333. The number of hydrogen-bond acceptors (Lipinski definition) is 5. The van der Waals surface area contributed by atoms with Gasteiger partial charge < -0.3 is 15.7 Å². The number of benzene rings is 1. The number of nitrogens with one attached hydrogen (secondary N) is 2. The maximum atomic E-state index is 11.9. The molecule has 1 aliphatic rings. The van der Waals surface area contributed by atoms with Gasteiger partial charge in [-0.15, -0.1) is 0 Å². The molecule has 1 aromatic carbocycles. The number of β-amino-alcohol motifs (C(OH)–C–C–N with tert-alkyl or cyclic N) is 1. The van der Waals surface area contributed by atoms with E-state index < -0.39 is 6.10 Å². The van der Waals surface area contributed by atoms with Crippen molar-refractivity contribution in [1.82, 2.24) is 10.3 Å². The molecule has 2 heterocycles. The molecule has 0 aliphatic carbocycles. The van der Waals surface area contributed by atoms with Gasteiger partial charge in [-0.3, -0.25) is 4.79 Å². The summed E-state index contributed by atoms with van der Waals surface area (Å²) in [6.45, 7) is 0.470. The molecular formula is C12H13N3O2S. The number of amides is 1. The van der Waals surface area contributed by atoms with Gasteiger partial charge in [-0.1, -0.05) is 23.5 Å². The summed E-state index contributed by atoms with van der Waals surface area (Å²) in [6, 6.07) is 7.43. The lowest BCUT2D eigenvalue weighted by molar-refractivity contribution is -0.117. The Balaban J connectivity index is 1.74. The molecule has 0 radical (unpaired) electrons. The third-order valence-electron chi connectivity index (χ3n) is 2.95. The Morgan fingerprint density at radius 2 is 2.33 bits per heavy atom. The van der Waals surface area contributed by atoms with Crippen LogP contribution in [0.25, 0.3) is 10.2 Å². The largest absolute Gasteiger partial charge is 0.392 e. The number of aliphatic hydroxyl groups is 1. The van der Waals surface area contributed by atoms with Crippen LogP contribution >= 0.6 is 11.3 Å². The molecular weight excluding hydrogens is 250 g/mol. The molecule has 1 fully saturated rings. The van der Waals surface area contributed by atoms with Crippen LogP contribution in [0.3, 0.4) is 0 Å². The molecule has 0 saturated carbocycles. The van der Waals surface area contributed by atoms with E-state index in [1.165, 1.54) is 11.3 Å². The first-order chi connectivity index (χ1) is 8.72. The second kappa shape index (κ2) is 4.64. The fourth-order valence-electron chi connectivity index (χ4n) is 2.03. The van der Waals surface area contributed by atoms with Gasteiger partial charge >= 0.3 is 0 Å². The van der Waals surface area contributed by atoms with E-state index in [9.17, 15) is 9.90 Å². The van der Waals surface area contributed by atoms with Crippen molar-refractivity contribution < 1.29 is 9.90 Å². The number of aliphatic hydroxyl groups excluding tert-OH is 1. The Kier molecular flexibility index (Phi) is 2.99. The molecule has 2 aromatic rings. The van der Waals surface area contributed by atoms with Gasteiger partial charge in [0.2, 0.25) is 5.91 Å². The Hall–Kier alpha value is -1.50. The van der Waals surface area contributed by atoms with Crippen LogP contribution in [0.1, 0.15) is 6.42 Å². The van der Waals surface area contributed by atoms with Crippen molar-refractivity contribution in [2.45, 2.75) is 18.6 Å². The molecule has 1 aliphatic heterocycles. The van der Waals surface area contributed by atoms with Gasteiger partial charge in [-0.25, -0.2) is 4.98 Å². The summed E-state index contributed by atoms with van der Waals surface area (Å²) < 4.78 is 1.05. The molecule has 0 spiro atoms. The van der Waals surface area contributed by atoms with Crippen molar-refractivity contribution in [3.05, 3.63) is 24.3 Å². The van der Waals surface area contributed by atoms with E-state index >= 15 is 0 Å². The Labute approximate surface area is 108 Å². The van der Waals surface area contributed by atoms with Crippen LogP contribution in [-0.2, 0) is 4.79 Å².